The van der Waals surface area contributed by atoms with Crippen LogP contribution in [0.2, 0.25) is 10.0 Å². The molecule has 22 heavy (non-hydrogen) atoms. The van der Waals surface area contributed by atoms with Gasteiger partial charge in [0.25, 0.3) is 5.91 Å². The Bertz CT molecular complexity index is 542. The monoisotopic (exact) mass is 343 g/mol. The molecule has 0 saturated carbocycles. The van der Waals surface area contributed by atoms with E-state index < -0.39 is 5.97 Å². The quantitative estimate of drug-likeness (QED) is 0.787. The van der Waals surface area contributed by atoms with E-state index >= 15 is 0 Å². The van der Waals surface area contributed by atoms with Crippen molar-refractivity contribution in [1.29, 1.82) is 0 Å². The van der Waals surface area contributed by atoms with E-state index in [0.717, 1.165) is 25.9 Å². The van der Waals surface area contributed by atoms with E-state index in [-0.39, 0.29) is 18.9 Å². The summed E-state index contributed by atoms with van der Waals surface area (Å²) in [5, 5.41) is 0.835. The Hall–Kier alpha value is -1.26. The molecule has 0 N–H and O–H groups in total. The van der Waals surface area contributed by atoms with Crippen molar-refractivity contribution < 1.29 is 14.3 Å². The highest BCUT2D eigenvalue weighted by atomic mass is 35.5. The van der Waals surface area contributed by atoms with Crippen LogP contribution in [0.5, 0.6) is 0 Å². The lowest BCUT2D eigenvalue weighted by Gasteiger charge is -2.30. The predicted octanol–water partition coefficient (Wildman–Crippen LogP) is 3.34. The van der Waals surface area contributed by atoms with Crippen LogP contribution in [0, 0.1) is 5.92 Å². The van der Waals surface area contributed by atoms with Gasteiger partial charge in [0.15, 0.2) is 6.61 Å². The maximum atomic E-state index is 12.0. The SMILES string of the molecule is CC1CCCN(C(=O)COC(=O)Cc2c(Cl)cccc2Cl)C1. The average Bonchev–Trinajstić information content (AvgIpc) is 2.48. The van der Waals surface area contributed by atoms with Crippen molar-refractivity contribution in [1.82, 2.24) is 4.90 Å². The molecule has 1 saturated heterocycles. The van der Waals surface area contributed by atoms with Gasteiger partial charge in [-0.15, -0.1) is 0 Å². The minimum Gasteiger partial charge on any atom is -0.455 e. The first-order chi connectivity index (χ1) is 10.5. The van der Waals surface area contributed by atoms with Gasteiger partial charge >= 0.3 is 5.97 Å². The molecule has 4 nitrogen and oxygen atoms in total. The van der Waals surface area contributed by atoms with Crippen LogP contribution in [0.15, 0.2) is 18.2 Å². The number of halogens is 2. The number of rotatable bonds is 4. The normalized spacial score (nSPS) is 18.1. The van der Waals surface area contributed by atoms with E-state index in [1.165, 1.54) is 0 Å². The van der Waals surface area contributed by atoms with Crippen molar-refractivity contribution in [3.05, 3.63) is 33.8 Å². The van der Waals surface area contributed by atoms with Gasteiger partial charge in [-0.3, -0.25) is 9.59 Å². The second kappa shape index (κ2) is 7.84. The number of hydrogen-bond acceptors (Lipinski definition) is 3. The summed E-state index contributed by atoms with van der Waals surface area (Å²) in [4.78, 5) is 25.6. The van der Waals surface area contributed by atoms with Gasteiger partial charge < -0.3 is 9.64 Å². The lowest BCUT2D eigenvalue weighted by Crippen LogP contribution is -2.41. The topological polar surface area (TPSA) is 46.6 Å². The second-order valence-electron chi connectivity index (χ2n) is 5.62. The number of carbonyl (C=O) groups is 2. The van der Waals surface area contributed by atoms with Crippen LogP contribution in [0.25, 0.3) is 0 Å². The van der Waals surface area contributed by atoms with Crippen molar-refractivity contribution in [3.63, 3.8) is 0 Å². The molecule has 0 spiro atoms. The number of amides is 1. The summed E-state index contributed by atoms with van der Waals surface area (Å²) in [6, 6.07) is 5.03. The third kappa shape index (κ3) is 4.62. The van der Waals surface area contributed by atoms with Crippen molar-refractivity contribution in [2.45, 2.75) is 26.2 Å². The number of nitrogens with zero attached hydrogens (tertiary/aromatic N) is 1. The fraction of sp³-hybridized carbons (Fsp3) is 0.500. The second-order valence-corrected chi connectivity index (χ2v) is 6.44. The molecule has 1 aromatic carbocycles. The van der Waals surface area contributed by atoms with Crippen LogP contribution in [-0.4, -0.2) is 36.5 Å². The number of piperidine rings is 1. The van der Waals surface area contributed by atoms with Crippen molar-refractivity contribution in [2.75, 3.05) is 19.7 Å². The standard InChI is InChI=1S/C16H19Cl2NO3/c1-11-4-3-7-19(9-11)15(20)10-22-16(21)8-12-13(17)5-2-6-14(12)18/h2,5-6,11H,3-4,7-10H2,1H3. The van der Waals surface area contributed by atoms with Gasteiger partial charge in [0.05, 0.1) is 6.42 Å². The molecule has 6 heteroatoms. The Labute approximate surface area is 140 Å². The molecule has 1 atom stereocenters. The third-order valence-electron chi connectivity index (χ3n) is 3.75. The largest absolute Gasteiger partial charge is 0.455 e. The zero-order valence-electron chi connectivity index (χ0n) is 12.5. The first-order valence-corrected chi connectivity index (χ1v) is 8.09. The van der Waals surface area contributed by atoms with Crippen molar-refractivity contribution in [3.8, 4) is 0 Å². The van der Waals surface area contributed by atoms with E-state index in [2.05, 4.69) is 6.92 Å². The van der Waals surface area contributed by atoms with Gasteiger partial charge in [-0.2, -0.15) is 0 Å². The average molecular weight is 344 g/mol. The number of likely N-dealkylation sites (tertiary alicyclic amines) is 1. The Kier molecular flexibility index (Phi) is 6.09. The number of ether oxygens (including phenoxy) is 1. The van der Waals surface area contributed by atoms with Gasteiger partial charge in [0, 0.05) is 28.7 Å². The number of benzene rings is 1. The summed E-state index contributed by atoms with van der Waals surface area (Å²) < 4.78 is 5.06. The molecule has 1 aliphatic rings. The smallest absolute Gasteiger partial charge is 0.310 e. The first-order valence-electron chi connectivity index (χ1n) is 7.33. The fourth-order valence-corrected chi connectivity index (χ4v) is 3.08. The maximum absolute atomic E-state index is 12.0. The van der Waals surface area contributed by atoms with Crippen LogP contribution < -0.4 is 0 Å². The summed E-state index contributed by atoms with van der Waals surface area (Å²) >= 11 is 12.0. The van der Waals surface area contributed by atoms with E-state index in [1.54, 1.807) is 23.1 Å². The molecule has 1 aromatic rings. The predicted molar refractivity (Wildman–Crippen MR) is 86.1 cm³/mol. The van der Waals surface area contributed by atoms with Gasteiger partial charge in [-0.25, -0.2) is 0 Å². The molecular weight excluding hydrogens is 325 g/mol. The molecule has 1 heterocycles. The molecule has 2 rings (SSSR count). The summed E-state index contributed by atoms with van der Waals surface area (Å²) in [5.74, 6) is -0.158. The Balaban J connectivity index is 1.84. The fourth-order valence-electron chi connectivity index (χ4n) is 2.55. The Morgan fingerprint density at radius 2 is 2.00 bits per heavy atom. The van der Waals surface area contributed by atoms with Crippen LogP contribution in [0.4, 0.5) is 0 Å². The summed E-state index contributed by atoms with van der Waals surface area (Å²) in [6.07, 6.45) is 2.09. The summed E-state index contributed by atoms with van der Waals surface area (Å²) in [6.45, 7) is 3.35. The van der Waals surface area contributed by atoms with Gasteiger partial charge in [0.2, 0.25) is 0 Å². The highest BCUT2D eigenvalue weighted by molar-refractivity contribution is 6.36. The van der Waals surface area contributed by atoms with Crippen LogP contribution in [-0.2, 0) is 20.7 Å². The molecule has 0 bridgehead atoms. The van der Waals surface area contributed by atoms with Gasteiger partial charge in [-0.1, -0.05) is 36.2 Å². The maximum Gasteiger partial charge on any atom is 0.310 e. The van der Waals surface area contributed by atoms with E-state index in [4.69, 9.17) is 27.9 Å². The molecule has 1 fully saturated rings. The van der Waals surface area contributed by atoms with Crippen LogP contribution >= 0.6 is 23.2 Å². The number of esters is 1. The highest BCUT2D eigenvalue weighted by Gasteiger charge is 2.22. The summed E-state index contributed by atoms with van der Waals surface area (Å²) in [5.41, 5.74) is 0.523. The summed E-state index contributed by atoms with van der Waals surface area (Å²) in [7, 11) is 0. The molecule has 0 aromatic heterocycles. The number of carbonyl (C=O) groups excluding carboxylic acids is 2. The van der Waals surface area contributed by atoms with E-state index in [1.807, 2.05) is 0 Å². The zero-order chi connectivity index (χ0) is 16.1. The van der Waals surface area contributed by atoms with Crippen LogP contribution in [0.1, 0.15) is 25.3 Å². The number of hydrogen-bond donors (Lipinski definition) is 0. The lowest BCUT2D eigenvalue weighted by atomic mass is 10.0. The zero-order valence-corrected chi connectivity index (χ0v) is 14.0. The molecule has 0 aliphatic carbocycles. The molecule has 0 radical (unpaired) electrons. The third-order valence-corrected chi connectivity index (χ3v) is 4.46. The molecule has 1 aliphatic heterocycles. The Morgan fingerprint density at radius 1 is 1.32 bits per heavy atom. The van der Waals surface area contributed by atoms with E-state index in [0.29, 0.717) is 21.5 Å². The molecule has 1 unspecified atom stereocenters. The van der Waals surface area contributed by atoms with Crippen molar-refractivity contribution >= 4 is 35.1 Å². The van der Waals surface area contributed by atoms with Gasteiger partial charge in [0.1, 0.15) is 0 Å². The molecule has 120 valence electrons. The molecule has 1 amide bonds. The lowest BCUT2D eigenvalue weighted by molar-refractivity contribution is -0.152. The highest BCUT2D eigenvalue weighted by Crippen LogP contribution is 2.25. The minimum atomic E-state index is -0.506. The van der Waals surface area contributed by atoms with Gasteiger partial charge in [-0.05, 0) is 30.9 Å². The Morgan fingerprint density at radius 3 is 2.64 bits per heavy atom. The van der Waals surface area contributed by atoms with Crippen LogP contribution in [0.3, 0.4) is 0 Å². The minimum absolute atomic E-state index is 0.0395. The van der Waals surface area contributed by atoms with E-state index in [9.17, 15) is 9.59 Å². The molecular formula is C16H19Cl2NO3. The van der Waals surface area contributed by atoms with Crippen molar-refractivity contribution in [2.24, 2.45) is 5.92 Å². The first kappa shape index (κ1) is 17.1.